The van der Waals surface area contributed by atoms with Crippen molar-refractivity contribution < 1.29 is 14.6 Å². The standard InChI is InChI=1S/C24H31N5O3/c25-16-21-20-6-8-28(17-19-4-2-1-3-5-19)18-22(20)24(29-9-13-32-14-10-29)27-23(21)26-7-12-31-15-11-30/h1-5,30H,6-15,17-18H2,(H,26,27). The van der Waals surface area contributed by atoms with E-state index in [4.69, 9.17) is 19.6 Å². The number of nitrogens with zero attached hydrogens (tertiary/aromatic N) is 4. The molecule has 170 valence electrons. The summed E-state index contributed by atoms with van der Waals surface area (Å²) in [6.45, 7) is 6.80. The molecule has 1 aromatic heterocycles. The Balaban J connectivity index is 1.61. The number of hydrogen-bond donors (Lipinski definition) is 2. The molecule has 2 aliphatic rings. The summed E-state index contributed by atoms with van der Waals surface area (Å²) in [4.78, 5) is 9.66. The van der Waals surface area contributed by atoms with Gasteiger partial charge in [0.15, 0.2) is 0 Å². The van der Waals surface area contributed by atoms with Crippen LogP contribution in [0.2, 0.25) is 0 Å². The summed E-state index contributed by atoms with van der Waals surface area (Å²) in [5.41, 5.74) is 4.19. The second-order valence-electron chi connectivity index (χ2n) is 8.04. The molecule has 1 saturated heterocycles. The molecule has 4 rings (SSSR count). The molecule has 0 spiro atoms. The van der Waals surface area contributed by atoms with Crippen LogP contribution in [0.3, 0.4) is 0 Å². The second kappa shape index (κ2) is 11.2. The second-order valence-corrected chi connectivity index (χ2v) is 8.04. The number of aliphatic hydroxyl groups is 1. The van der Waals surface area contributed by atoms with Gasteiger partial charge in [-0.2, -0.15) is 5.26 Å². The molecule has 1 aromatic carbocycles. The summed E-state index contributed by atoms with van der Waals surface area (Å²) in [6, 6.07) is 12.9. The molecule has 32 heavy (non-hydrogen) atoms. The molecular formula is C24H31N5O3. The van der Waals surface area contributed by atoms with Crippen LogP contribution in [-0.2, 0) is 29.0 Å². The average molecular weight is 438 g/mol. The molecule has 2 N–H and O–H groups in total. The van der Waals surface area contributed by atoms with Crippen LogP contribution < -0.4 is 10.2 Å². The Kier molecular flexibility index (Phi) is 7.91. The largest absolute Gasteiger partial charge is 0.394 e. The van der Waals surface area contributed by atoms with Gasteiger partial charge in [0, 0.05) is 44.8 Å². The van der Waals surface area contributed by atoms with E-state index < -0.39 is 0 Å². The van der Waals surface area contributed by atoms with E-state index in [1.54, 1.807) is 0 Å². The van der Waals surface area contributed by atoms with Crippen molar-refractivity contribution in [2.24, 2.45) is 0 Å². The fraction of sp³-hybridized carbons (Fsp3) is 0.500. The van der Waals surface area contributed by atoms with Crippen molar-refractivity contribution >= 4 is 11.6 Å². The van der Waals surface area contributed by atoms with Gasteiger partial charge in [0.05, 0.1) is 38.6 Å². The van der Waals surface area contributed by atoms with Gasteiger partial charge in [0.2, 0.25) is 0 Å². The lowest BCUT2D eigenvalue weighted by atomic mass is 9.94. The van der Waals surface area contributed by atoms with E-state index in [9.17, 15) is 5.26 Å². The molecule has 0 amide bonds. The molecule has 1 fully saturated rings. The summed E-state index contributed by atoms with van der Waals surface area (Å²) < 4.78 is 10.9. The van der Waals surface area contributed by atoms with Gasteiger partial charge in [0.25, 0.3) is 0 Å². The van der Waals surface area contributed by atoms with Crippen molar-refractivity contribution in [3.05, 3.63) is 52.6 Å². The zero-order valence-corrected chi connectivity index (χ0v) is 18.4. The Labute approximate surface area is 189 Å². The van der Waals surface area contributed by atoms with Gasteiger partial charge in [-0.05, 0) is 17.5 Å². The quantitative estimate of drug-likeness (QED) is 0.574. The summed E-state index contributed by atoms with van der Waals surface area (Å²) in [5, 5.41) is 22.1. The molecule has 8 nitrogen and oxygen atoms in total. The first kappa shape index (κ1) is 22.5. The number of aromatic nitrogens is 1. The highest BCUT2D eigenvalue weighted by Crippen LogP contribution is 2.34. The zero-order chi connectivity index (χ0) is 22.2. The van der Waals surface area contributed by atoms with Crippen LogP contribution in [0.4, 0.5) is 11.6 Å². The minimum Gasteiger partial charge on any atom is -0.394 e. The van der Waals surface area contributed by atoms with Gasteiger partial charge < -0.3 is 24.8 Å². The number of morpholine rings is 1. The summed E-state index contributed by atoms with van der Waals surface area (Å²) in [5.74, 6) is 1.58. The third-order valence-corrected chi connectivity index (χ3v) is 5.90. The van der Waals surface area contributed by atoms with Crippen LogP contribution in [0.5, 0.6) is 0 Å². The van der Waals surface area contributed by atoms with Crippen molar-refractivity contribution in [3.8, 4) is 6.07 Å². The van der Waals surface area contributed by atoms with Gasteiger partial charge >= 0.3 is 0 Å². The predicted octanol–water partition coefficient (Wildman–Crippen LogP) is 1.77. The molecule has 0 saturated carbocycles. The van der Waals surface area contributed by atoms with Crippen molar-refractivity contribution in [1.82, 2.24) is 9.88 Å². The van der Waals surface area contributed by atoms with Crippen LogP contribution in [0.15, 0.2) is 30.3 Å². The van der Waals surface area contributed by atoms with E-state index in [0.29, 0.717) is 44.4 Å². The Morgan fingerprint density at radius 3 is 2.69 bits per heavy atom. The number of aliphatic hydroxyl groups excluding tert-OH is 1. The van der Waals surface area contributed by atoms with E-state index >= 15 is 0 Å². The number of hydrogen-bond acceptors (Lipinski definition) is 8. The number of fused-ring (bicyclic) bond motifs is 1. The van der Waals surface area contributed by atoms with E-state index in [-0.39, 0.29) is 6.61 Å². The molecule has 8 heteroatoms. The monoisotopic (exact) mass is 437 g/mol. The Hall–Kier alpha value is -2.70. The molecule has 0 radical (unpaired) electrons. The molecule has 2 aliphatic heterocycles. The average Bonchev–Trinajstić information content (AvgIpc) is 2.84. The van der Waals surface area contributed by atoms with Crippen LogP contribution in [0, 0.1) is 11.3 Å². The maximum absolute atomic E-state index is 9.98. The first-order valence-electron chi connectivity index (χ1n) is 11.3. The first-order chi connectivity index (χ1) is 15.8. The molecule has 2 aromatic rings. The highest BCUT2D eigenvalue weighted by molar-refractivity contribution is 5.67. The van der Waals surface area contributed by atoms with E-state index in [2.05, 4.69) is 45.5 Å². The minimum absolute atomic E-state index is 0.00119. The topological polar surface area (TPSA) is 93.9 Å². The Morgan fingerprint density at radius 1 is 1.12 bits per heavy atom. The number of anilines is 2. The lowest BCUT2D eigenvalue weighted by Gasteiger charge is -2.35. The third-order valence-electron chi connectivity index (χ3n) is 5.90. The highest BCUT2D eigenvalue weighted by atomic mass is 16.5. The highest BCUT2D eigenvalue weighted by Gasteiger charge is 2.28. The third kappa shape index (κ3) is 5.37. The summed E-state index contributed by atoms with van der Waals surface area (Å²) in [7, 11) is 0. The van der Waals surface area contributed by atoms with Crippen molar-refractivity contribution in [3.63, 3.8) is 0 Å². The zero-order valence-electron chi connectivity index (χ0n) is 18.4. The lowest BCUT2D eigenvalue weighted by molar-refractivity contribution is 0.0992. The van der Waals surface area contributed by atoms with Gasteiger partial charge in [-0.25, -0.2) is 4.98 Å². The number of benzene rings is 1. The van der Waals surface area contributed by atoms with Crippen molar-refractivity contribution in [2.75, 3.05) is 69.4 Å². The molecule has 0 bridgehead atoms. The number of nitriles is 1. The van der Waals surface area contributed by atoms with Crippen LogP contribution in [0.1, 0.15) is 22.3 Å². The van der Waals surface area contributed by atoms with E-state index in [1.807, 2.05) is 6.07 Å². The van der Waals surface area contributed by atoms with Crippen molar-refractivity contribution in [1.29, 1.82) is 5.26 Å². The van der Waals surface area contributed by atoms with Crippen LogP contribution >= 0.6 is 0 Å². The van der Waals surface area contributed by atoms with Crippen molar-refractivity contribution in [2.45, 2.75) is 19.5 Å². The smallest absolute Gasteiger partial charge is 0.146 e. The summed E-state index contributed by atoms with van der Waals surface area (Å²) >= 11 is 0. The lowest BCUT2D eigenvalue weighted by Crippen LogP contribution is -2.39. The Morgan fingerprint density at radius 2 is 1.94 bits per heavy atom. The molecule has 0 aliphatic carbocycles. The minimum atomic E-state index is 0.00119. The van der Waals surface area contributed by atoms with E-state index in [0.717, 1.165) is 56.1 Å². The number of nitrogens with one attached hydrogen (secondary N) is 1. The molecular weight excluding hydrogens is 406 g/mol. The van der Waals surface area contributed by atoms with Crippen LogP contribution in [-0.4, -0.2) is 74.2 Å². The maximum atomic E-state index is 9.98. The predicted molar refractivity (Wildman–Crippen MR) is 123 cm³/mol. The number of rotatable bonds is 9. The normalized spacial score (nSPS) is 16.4. The molecule has 0 atom stereocenters. The Bertz CT molecular complexity index is 925. The fourth-order valence-corrected chi connectivity index (χ4v) is 4.34. The van der Waals surface area contributed by atoms with Gasteiger partial charge in [0.1, 0.15) is 17.7 Å². The van der Waals surface area contributed by atoms with Gasteiger partial charge in [-0.3, -0.25) is 4.90 Å². The summed E-state index contributed by atoms with van der Waals surface area (Å²) in [6.07, 6.45) is 0.820. The van der Waals surface area contributed by atoms with Crippen LogP contribution in [0.25, 0.3) is 0 Å². The molecule has 3 heterocycles. The first-order valence-corrected chi connectivity index (χ1v) is 11.3. The SMILES string of the molecule is N#Cc1c(NCCOCCO)nc(N2CCOCC2)c2c1CCN(Cc1ccccc1)C2. The van der Waals surface area contributed by atoms with E-state index in [1.165, 1.54) is 5.56 Å². The fourth-order valence-electron chi connectivity index (χ4n) is 4.34. The number of ether oxygens (including phenoxy) is 2. The number of pyridine rings is 1. The maximum Gasteiger partial charge on any atom is 0.146 e. The molecule has 0 unspecified atom stereocenters. The van der Waals surface area contributed by atoms with Gasteiger partial charge in [-0.15, -0.1) is 0 Å². The van der Waals surface area contributed by atoms with Gasteiger partial charge in [-0.1, -0.05) is 30.3 Å².